The van der Waals surface area contributed by atoms with Gasteiger partial charge in [0.1, 0.15) is 0 Å². The SMILES string of the molecule is CN(Cc1cccnc1)C(=O)C1COCCC12CCN(C(=O)CC1CCOCC1)CC2. The van der Waals surface area contributed by atoms with Crippen molar-refractivity contribution < 1.29 is 19.1 Å². The molecule has 3 aliphatic heterocycles. The largest absolute Gasteiger partial charge is 0.381 e. The summed E-state index contributed by atoms with van der Waals surface area (Å²) in [5.74, 6) is 0.724. The van der Waals surface area contributed by atoms with E-state index < -0.39 is 0 Å². The predicted molar refractivity (Wildman–Crippen MR) is 116 cm³/mol. The maximum atomic E-state index is 13.4. The molecule has 3 fully saturated rings. The van der Waals surface area contributed by atoms with E-state index in [1.54, 1.807) is 17.3 Å². The Bertz CT molecular complexity index is 742. The van der Waals surface area contributed by atoms with Gasteiger partial charge in [-0.05, 0) is 55.1 Å². The van der Waals surface area contributed by atoms with Crippen LogP contribution in [0, 0.1) is 17.3 Å². The first-order valence-corrected chi connectivity index (χ1v) is 11.6. The topological polar surface area (TPSA) is 72.0 Å². The minimum Gasteiger partial charge on any atom is -0.381 e. The van der Waals surface area contributed by atoms with Crippen molar-refractivity contribution in [3.05, 3.63) is 30.1 Å². The minimum atomic E-state index is -0.143. The van der Waals surface area contributed by atoms with Crippen molar-refractivity contribution in [2.24, 2.45) is 17.3 Å². The molecule has 31 heavy (non-hydrogen) atoms. The zero-order chi connectivity index (χ0) is 21.7. The molecule has 2 amide bonds. The lowest BCUT2D eigenvalue weighted by Gasteiger charge is -2.49. The molecule has 1 atom stereocenters. The molecule has 7 nitrogen and oxygen atoms in total. The summed E-state index contributed by atoms with van der Waals surface area (Å²) in [4.78, 5) is 34.2. The average molecular weight is 430 g/mol. The highest BCUT2D eigenvalue weighted by Gasteiger charge is 2.48. The average Bonchev–Trinajstić information content (AvgIpc) is 2.81. The van der Waals surface area contributed by atoms with E-state index in [1.807, 2.05) is 24.1 Å². The van der Waals surface area contributed by atoms with Gasteiger partial charge >= 0.3 is 0 Å². The summed E-state index contributed by atoms with van der Waals surface area (Å²) in [5.41, 5.74) is 0.964. The number of ether oxygens (including phenoxy) is 2. The van der Waals surface area contributed by atoms with Crippen LogP contribution in [0.2, 0.25) is 0 Å². The Hall–Kier alpha value is -1.99. The van der Waals surface area contributed by atoms with Crippen LogP contribution in [0.15, 0.2) is 24.5 Å². The van der Waals surface area contributed by atoms with Gasteiger partial charge in [0.15, 0.2) is 0 Å². The van der Waals surface area contributed by atoms with E-state index in [2.05, 4.69) is 4.98 Å². The van der Waals surface area contributed by atoms with Crippen LogP contribution in [0.3, 0.4) is 0 Å². The van der Waals surface area contributed by atoms with Crippen molar-refractivity contribution in [2.45, 2.75) is 45.1 Å². The van der Waals surface area contributed by atoms with Crippen LogP contribution in [-0.2, 0) is 25.6 Å². The monoisotopic (exact) mass is 429 g/mol. The maximum Gasteiger partial charge on any atom is 0.228 e. The normalized spacial score (nSPS) is 24.2. The summed E-state index contributed by atoms with van der Waals surface area (Å²) in [6.07, 6.45) is 8.81. The molecule has 0 saturated carbocycles. The minimum absolute atomic E-state index is 0.0615. The molecule has 170 valence electrons. The number of hydrogen-bond donors (Lipinski definition) is 0. The molecule has 0 N–H and O–H groups in total. The first kappa shape index (κ1) is 22.2. The number of amides is 2. The second-order valence-electron chi connectivity index (χ2n) is 9.44. The number of carbonyl (C=O) groups excluding carboxylic acids is 2. The van der Waals surface area contributed by atoms with Gasteiger partial charge in [0.05, 0.1) is 12.5 Å². The summed E-state index contributed by atoms with van der Waals surface area (Å²) in [7, 11) is 1.87. The Morgan fingerprint density at radius 1 is 1.16 bits per heavy atom. The molecule has 4 rings (SSSR count). The third-order valence-electron chi connectivity index (χ3n) is 7.50. The fraction of sp³-hybridized carbons (Fsp3) is 0.708. The number of aromatic nitrogens is 1. The van der Waals surface area contributed by atoms with Crippen molar-refractivity contribution >= 4 is 11.8 Å². The van der Waals surface area contributed by atoms with Crippen molar-refractivity contribution in [1.82, 2.24) is 14.8 Å². The van der Waals surface area contributed by atoms with Crippen molar-refractivity contribution in [2.75, 3.05) is 46.6 Å². The summed E-state index contributed by atoms with van der Waals surface area (Å²) in [6, 6.07) is 3.89. The lowest BCUT2D eigenvalue weighted by molar-refractivity contribution is -0.154. The molecule has 0 bridgehead atoms. The van der Waals surface area contributed by atoms with E-state index >= 15 is 0 Å². The molecule has 4 heterocycles. The zero-order valence-electron chi connectivity index (χ0n) is 18.6. The maximum absolute atomic E-state index is 13.4. The Labute approximate surface area is 185 Å². The Morgan fingerprint density at radius 3 is 2.65 bits per heavy atom. The lowest BCUT2D eigenvalue weighted by Crippen LogP contribution is -2.54. The van der Waals surface area contributed by atoms with Crippen LogP contribution in [0.25, 0.3) is 0 Å². The molecular formula is C24H35N3O4. The van der Waals surface area contributed by atoms with Crippen LogP contribution in [0.4, 0.5) is 0 Å². The highest BCUT2D eigenvalue weighted by Crippen LogP contribution is 2.45. The number of rotatable bonds is 5. The summed E-state index contributed by atoms with van der Waals surface area (Å²) < 4.78 is 11.2. The zero-order valence-corrected chi connectivity index (χ0v) is 18.6. The summed E-state index contributed by atoms with van der Waals surface area (Å²) >= 11 is 0. The van der Waals surface area contributed by atoms with Crippen LogP contribution < -0.4 is 0 Å². The lowest BCUT2D eigenvalue weighted by atomic mass is 9.65. The number of nitrogens with zero attached hydrogens (tertiary/aromatic N) is 3. The van der Waals surface area contributed by atoms with E-state index in [9.17, 15) is 9.59 Å². The highest BCUT2D eigenvalue weighted by atomic mass is 16.5. The van der Waals surface area contributed by atoms with Crippen molar-refractivity contribution in [3.63, 3.8) is 0 Å². The third kappa shape index (κ3) is 5.26. The molecule has 1 aromatic rings. The van der Waals surface area contributed by atoms with Gasteiger partial charge in [0, 0.05) is 65.3 Å². The number of carbonyl (C=O) groups is 2. The number of likely N-dealkylation sites (tertiary alicyclic amines) is 1. The third-order valence-corrected chi connectivity index (χ3v) is 7.50. The Morgan fingerprint density at radius 2 is 1.94 bits per heavy atom. The van der Waals surface area contributed by atoms with E-state index in [1.165, 1.54) is 0 Å². The second-order valence-corrected chi connectivity index (χ2v) is 9.44. The fourth-order valence-electron chi connectivity index (χ4n) is 5.40. The molecule has 3 aliphatic rings. The molecule has 1 unspecified atom stereocenters. The van der Waals surface area contributed by atoms with Crippen molar-refractivity contribution in [1.29, 1.82) is 0 Å². The van der Waals surface area contributed by atoms with Gasteiger partial charge in [-0.1, -0.05) is 6.07 Å². The number of piperidine rings is 1. The molecule has 3 saturated heterocycles. The Kier molecular flexibility index (Phi) is 7.23. The van der Waals surface area contributed by atoms with Gasteiger partial charge in [-0.2, -0.15) is 0 Å². The standard InChI is InChI=1S/C24H35N3O4/c1-26(17-20-3-2-9-25-16-20)23(29)21-18-31-14-8-24(21)6-10-27(11-7-24)22(28)15-19-4-12-30-13-5-19/h2-3,9,16,19,21H,4-8,10-15,17-18H2,1H3. The van der Waals surface area contributed by atoms with Crippen LogP contribution in [-0.4, -0.2) is 73.2 Å². The van der Waals surface area contributed by atoms with E-state index in [0.29, 0.717) is 32.1 Å². The quantitative estimate of drug-likeness (QED) is 0.719. The molecule has 0 radical (unpaired) electrons. The molecule has 1 spiro atoms. The van der Waals surface area contributed by atoms with Gasteiger partial charge in [0.25, 0.3) is 0 Å². The smallest absolute Gasteiger partial charge is 0.228 e. The van der Waals surface area contributed by atoms with Gasteiger partial charge in [0.2, 0.25) is 11.8 Å². The van der Waals surface area contributed by atoms with E-state index in [-0.39, 0.29) is 23.1 Å². The molecule has 7 heteroatoms. The van der Waals surface area contributed by atoms with Crippen molar-refractivity contribution in [3.8, 4) is 0 Å². The van der Waals surface area contributed by atoms with Gasteiger partial charge < -0.3 is 19.3 Å². The summed E-state index contributed by atoms with van der Waals surface area (Å²) in [5, 5.41) is 0. The fourth-order valence-corrected chi connectivity index (χ4v) is 5.40. The van der Waals surface area contributed by atoms with Gasteiger partial charge in [-0.3, -0.25) is 14.6 Å². The number of hydrogen-bond acceptors (Lipinski definition) is 5. The molecule has 0 aromatic carbocycles. The van der Waals surface area contributed by atoms with Crippen LogP contribution in [0.1, 0.15) is 44.1 Å². The van der Waals surface area contributed by atoms with Gasteiger partial charge in [-0.25, -0.2) is 0 Å². The predicted octanol–water partition coefficient (Wildman–Crippen LogP) is 2.50. The first-order valence-electron chi connectivity index (χ1n) is 11.6. The molecule has 0 aliphatic carbocycles. The second kappa shape index (κ2) is 10.1. The summed E-state index contributed by atoms with van der Waals surface area (Å²) in [6.45, 7) is 4.78. The van der Waals surface area contributed by atoms with Crippen LogP contribution in [0.5, 0.6) is 0 Å². The molecule has 1 aromatic heterocycles. The van der Waals surface area contributed by atoms with Crippen LogP contribution >= 0.6 is 0 Å². The van der Waals surface area contributed by atoms with E-state index in [4.69, 9.17) is 9.47 Å². The number of pyridine rings is 1. The first-order chi connectivity index (χ1) is 15.1. The Balaban J connectivity index is 1.35. The van der Waals surface area contributed by atoms with E-state index in [0.717, 1.165) is 64.0 Å². The van der Waals surface area contributed by atoms with Gasteiger partial charge in [-0.15, -0.1) is 0 Å². The molecular weight excluding hydrogens is 394 g/mol. The highest BCUT2D eigenvalue weighted by molar-refractivity contribution is 5.80.